The van der Waals surface area contributed by atoms with Gasteiger partial charge in [-0.15, -0.1) is 0 Å². The van der Waals surface area contributed by atoms with Gasteiger partial charge in [-0.05, 0) is 29.7 Å². The molecule has 194 valence electrons. The Kier molecular flexibility index (Phi) is 7.68. The van der Waals surface area contributed by atoms with Crippen molar-refractivity contribution in [3.8, 4) is 11.1 Å². The van der Waals surface area contributed by atoms with Crippen molar-refractivity contribution in [2.75, 3.05) is 44.2 Å². The van der Waals surface area contributed by atoms with Gasteiger partial charge in [0.05, 0.1) is 11.1 Å². The van der Waals surface area contributed by atoms with Crippen LogP contribution in [0.15, 0.2) is 71.8 Å². The van der Waals surface area contributed by atoms with Gasteiger partial charge in [0, 0.05) is 51.4 Å². The normalized spacial score (nSPS) is 17.2. The van der Waals surface area contributed by atoms with Gasteiger partial charge in [0.25, 0.3) is 5.91 Å². The summed E-state index contributed by atoms with van der Waals surface area (Å²) in [5.74, 6) is -0.613. The molecule has 0 unspecified atom stereocenters. The molecule has 2 aliphatic rings. The number of piperazine rings is 1. The zero-order valence-corrected chi connectivity index (χ0v) is 21.9. The minimum absolute atomic E-state index is 0.292. The lowest BCUT2D eigenvalue weighted by molar-refractivity contribution is 0.0710. The third kappa shape index (κ3) is 5.60. The van der Waals surface area contributed by atoms with E-state index in [2.05, 4.69) is 34.2 Å². The topological polar surface area (TPSA) is 106 Å². The number of nitrogens with zero attached hydrogens (tertiary/aromatic N) is 4. The molecule has 1 fully saturated rings. The van der Waals surface area contributed by atoms with Crippen molar-refractivity contribution in [3.63, 3.8) is 0 Å². The summed E-state index contributed by atoms with van der Waals surface area (Å²) in [6.07, 6.45) is 6.85. The molecule has 2 aromatic carbocycles. The van der Waals surface area contributed by atoms with Crippen LogP contribution in [0.25, 0.3) is 11.1 Å². The van der Waals surface area contributed by atoms with Crippen molar-refractivity contribution >= 4 is 32.4 Å². The highest BCUT2D eigenvalue weighted by atomic mass is 32.2. The molecule has 3 aromatic rings. The zero-order chi connectivity index (χ0) is 25.8. The Hall–Kier alpha value is -3.09. The van der Waals surface area contributed by atoms with E-state index in [9.17, 15) is 13.2 Å². The van der Waals surface area contributed by atoms with E-state index in [1.54, 1.807) is 17.6 Å². The number of carbonyl (C=O) groups excluding carboxylic acids is 1. The summed E-state index contributed by atoms with van der Waals surface area (Å²) in [7, 11) is -3.73. The SMILES string of the molecule is O=C(NO)c1cnc(N2CCN(S(=O)(=O)c3ccccc3-c3cccc(CN4CC=CCC4)c3)CC2)s1. The third-order valence-corrected chi connectivity index (χ3v) is 9.63. The second kappa shape index (κ2) is 11.1. The maximum absolute atomic E-state index is 13.8. The van der Waals surface area contributed by atoms with Gasteiger partial charge in [-0.25, -0.2) is 18.9 Å². The van der Waals surface area contributed by atoms with Crippen LogP contribution in [-0.2, 0) is 16.6 Å². The predicted molar refractivity (Wildman–Crippen MR) is 143 cm³/mol. The number of benzene rings is 2. The van der Waals surface area contributed by atoms with Gasteiger partial charge in [-0.3, -0.25) is 14.9 Å². The summed E-state index contributed by atoms with van der Waals surface area (Å²) >= 11 is 1.16. The van der Waals surface area contributed by atoms with Crippen molar-refractivity contribution in [1.82, 2.24) is 19.7 Å². The molecule has 3 heterocycles. The number of nitrogens with one attached hydrogen (secondary N) is 1. The smallest absolute Gasteiger partial charge is 0.286 e. The molecule has 0 spiro atoms. The second-order valence-corrected chi connectivity index (χ2v) is 11.9. The quantitative estimate of drug-likeness (QED) is 0.270. The van der Waals surface area contributed by atoms with E-state index in [-0.39, 0.29) is 0 Å². The van der Waals surface area contributed by atoms with E-state index in [0.717, 1.165) is 48.5 Å². The van der Waals surface area contributed by atoms with Crippen LogP contribution >= 0.6 is 11.3 Å². The summed E-state index contributed by atoms with van der Waals surface area (Å²) in [5, 5.41) is 9.44. The molecule has 2 N–H and O–H groups in total. The van der Waals surface area contributed by atoms with E-state index in [1.165, 1.54) is 10.5 Å². The maximum atomic E-state index is 13.8. The monoisotopic (exact) mass is 539 g/mol. The van der Waals surface area contributed by atoms with Gasteiger partial charge in [0.15, 0.2) is 5.13 Å². The number of anilines is 1. The molecule has 0 aliphatic carbocycles. The maximum Gasteiger partial charge on any atom is 0.286 e. The van der Waals surface area contributed by atoms with E-state index in [4.69, 9.17) is 5.21 Å². The van der Waals surface area contributed by atoms with Gasteiger partial charge in [0.2, 0.25) is 10.0 Å². The Bertz CT molecular complexity index is 1400. The molecule has 5 rings (SSSR count). The highest BCUT2D eigenvalue weighted by Gasteiger charge is 2.31. The fraction of sp³-hybridized carbons (Fsp3) is 0.308. The number of sulfonamides is 1. The predicted octanol–water partition coefficient (Wildman–Crippen LogP) is 3.20. The molecule has 9 nitrogen and oxygen atoms in total. The van der Waals surface area contributed by atoms with Crippen molar-refractivity contribution in [2.24, 2.45) is 0 Å². The molecular formula is C26H29N5O4S2. The third-order valence-electron chi connectivity index (χ3n) is 6.62. The lowest BCUT2D eigenvalue weighted by Gasteiger charge is -2.34. The first-order valence-corrected chi connectivity index (χ1v) is 14.4. The van der Waals surface area contributed by atoms with Gasteiger partial charge < -0.3 is 4.90 Å². The van der Waals surface area contributed by atoms with Crippen LogP contribution in [0.4, 0.5) is 5.13 Å². The molecule has 1 saturated heterocycles. The summed E-state index contributed by atoms with van der Waals surface area (Å²) in [5.41, 5.74) is 4.35. The van der Waals surface area contributed by atoms with E-state index in [1.807, 2.05) is 29.2 Å². The Labute approximate surface area is 220 Å². The van der Waals surface area contributed by atoms with Gasteiger partial charge >= 0.3 is 0 Å². The van der Waals surface area contributed by atoms with Crippen molar-refractivity contribution in [3.05, 3.63) is 77.3 Å². The number of thiazole rings is 1. The molecule has 2 aliphatic heterocycles. The number of hydrogen-bond acceptors (Lipinski definition) is 8. The molecule has 0 saturated carbocycles. The van der Waals surface area contributed by atoms with Crippen LogP contribution in [0.3, 0.4) is 0 Å². The highest BCUT2D eigenvalue weighted by molar-refractivity contribution is 7.89. The van der Waals surface area contributed by atoms with E-state index < -0.39 is 15.9 Å². The molecule has 37 heavy (non-hydrogen) atoms. The lowest BCUT2D eigenvalue weighted by Crippen LogP contribution is -2.48. The average Bonchev–Trinajstić information content (AvgIpc) is 3.44. The van der Waals surface area contributed by atoms with Crippen LogP contribution in [0.1, 0.15) is 21.7 Å². The molecule has 0 radical (unpaired) electrons. The van der Waals surface area contributed by atoms with Gasteiger partial charge in [0.1, 0.15) is 4.88 Å². The zero-order valence-electron chi connectivity index (χ0n) is 20.3. The standard InChI is InChI=1S/C26H29N5O4S2/c32-25(28-33)23-18-27-26(36-23)30-13-15-31(16-14-30)37(34,35)24-10-3-2-9-22(24)21-8-6-7-20(17-21)19-29-11-4-1-5-12-29/h1-4,6-10,17-18,33H,5,11-16,19H2,(H,28,32). The number of carbonyl (C=O) groups is 1. The van der Waals surface area contributed by atoms with E-state index >= 15 is 0 Å². The Balaban J connectivity index is 1.33. The molecular weight excluding hydrogens is 510 g/mol. The second-order valence-electron chi connectivity index (χ2n) is 9.03. The minimum Gasteiger partial charge on any atom is -0.345 e. The highest BCUT2D eigenvalue weighted by Crippen LogP contribution is 2.32. The summed E-state index contributed by atoms with van der Waals surface area (Å²) in [6.45, 7) is 4.30. The number of amides is 1. The number of hydroxylamine groups is 1. The molecule has 0 atom stereocenters. The average molecular weight is 540 g/mol. The number of aromatic nitrogens is 1. The summed E-state index contributed by atoms with van der Waals surface area (Å²) in [6, 6.07) is 15.3. The van der Waals surface area contributed by atoms with Gasteiger partial charge in [-0.1, -0.05) is 59.9 Å². The first-order chi connectivity index (χ1) is 18.0. The molecule has 0 bridgehead atoms. The van der Waals surface area contributed by atoms with Crippen LogP contribution in [0.5, 0.6) is 0 Å². The number of rotatable bonds is 7. The van der Waals surface area contributed by atoms with Gasteiger partial charge in [-0.2, -0.15) is 4.31 Å². The Morgan fingerprint density at radius 2 is 1.84 bits per heavy atom. The minimum atomic E-state index is -3.73. The van der Waals surface area contributed by atoms with E-state index in [0.29, 0.717) is 46.6 Å². The van der Waals surface area contributed by atoms with Crippen LogP contribution < -0.4 is 10.4 Å². The van der Waals surface area contributed by atoms with Crippen molar-refractivity contribution in [2.45, 2.75) is 17.9 Å². The fourth-order valence-electron chi connectivity index (χ4n) is 4.69. The molecule has 1 aromatic heterocycles. The first kappa shape index (κ1) is 25.6. The lowest BCUT2D eigenvalue weighted by atomic mass is 10.0. The van der Waals surface area contributed by atoms with Crippen LogP contribution in [-0.4, -0.2) is 73.0 Å². The summed E-state index contributed by atoms with van der Waals surface area (Å²) < 4.78 is 29.0. The first-order valence-electron chi connectivity index (χ1n) is 12.2. The largest absolute Gasteiger partial charge is 0.345 e. The molecule has 11 heteroatoms. The molecule has 1 amide bonds. The number of hydrogen-bond donors (Lipinski definition) is 2. The van der Waals surface area contributed by atoms with Crippen LogP contribution in [0, 0.1) is 0 Å². The Morgan fingerprint density at radius 3 is 2.59 bits per heavy atom. The fourth-order valence-corrected chi connectivity index (χ4v) is 7.18. The van der Waals surface area contributed by atoms with Crippen molar-refractivity contribution < 1.29 is 18.4 Å². The summed E-state index contributed by atoms with van der Waals surface area (Å²) in [4.78, 5) is 20.8. The van der Waals surface area contributed by atoms with Crippen LogP contribution in [0.2, 0.25) is 0 Å². The van der Waals surface area contributed by atoms with Crippen molar-refractivity contribution in [1.29, 1.82) is 0 Å². The Morgan fingerprint density at radius 1 is 1.03 bits per heavy atom.